The molecule has 0 aliphatic carbocycles. The second-order valence-electron chi connectivity index (χ2n) is 12.4. The molecule has 0 saturated heterocycles. The van der Waals surface area contributed by atoms with Gasteiger partial charge in [-0.2, -0.15) is 5.01 Å². The van der Waals surface area contributed by atoms with Crippen LogP contribution in [0.3, 0.4) is 0 Å². The number of halogens is 3. The van der Waals surface area contributed by atoms with Gasteiger partial charge in [0, 0.05) is 23.1 Å². The first-order chi connectivity index (χ1) is 21.5. The maximum atomic E-state index is 13.4. The van der Waals surface area contributed by atoms with E-state index >= 15 is 0 Å². The van der Waals surface area contributed by atoms with Gasteiger partial charge in [-0.05, 0) is 65.6 Å². The minimum atomic E-state index is -1.28. The van der Waals surface area contributed by atoms with Gasteiger partial charge in [-0.1, -0.05) is 94.5 Å². The third-order valence-corrected chi connectivity index (χ3v) is 9.28. The summed E-state index contributed by atoms with van der Waals surface area (Å²) in [6, 6.07) is 14.0. The van der Waals surface area contributed by atoms with E-state index < -0.39 is 23.8 Å². The van der Waals surface area contributed by atoms with E-state index in [-0.39, 0.29) is 43.0 Å². The van der Waals surface area contributed by atoms with Gasteiger partial charge in [0.2, 0.25) is 0 Å². The fraction of sp³-hybridized carbons (Fsp3) is 0.353. The summed E-state index contributed by atoms with van der Waals surface area (Å²) in [5.41, 5.74) is 8.55. The van der Waals surface area contributed by atoms with Crippen LogP contribution < -0.4 is 26.0 Å². The van der Waals surface area contributed by atoms with E-state index in [1.165, 1.54) is 30.7 Å². The highest BCUT2D eigenvalue weighted by Crippen LogP contribution is 2.40. The number of hydrogen-bond acceptors (Lipinski definition) is 6. The molecule has 12 heteroatoms. The molecule has 0 radical (unpaired) electrons. The largest absolute Gasteiger partial charge is 0.372 e. The van der Waals surface area contributed by atoms with Crippen LogP contribution in [0.25, 0.3) is 0 Å². The quantitative estimate of drug-likeness (QED) is 0.223. The van der Waals surface area contributed by atoms with Crippen molar-refractivity contribution >= 4 is 69.7 Å². The molecule has 3 aromatic rings. The van der Waals surface area contributed by atoms with Crippen LogP contribution in [0.15, 0.2) is 59.7 Å². The van der Waals surface area contributed by atoms with E-state index in [0.717, 1.165) is 28.5 Å². The summed E-state index contributed by atoms with van der Waals surface area (Å²) in [7, 11) is 0. The van der Waals surface area contributed by atoms with E-state index in [4.69, 9.17) is 45.4 Å². The van der Waals surface area contributed by atoms with Gasteiger partial charge < -0.3 is 15.9 Å². The number of nitrogens with one attached hydrogen (secondary N) is 1. The fourth-order valence-corrected chi connectivity index (χ4v) is 5.76. The first-order valence-electron chi connectivity index (χ1n) is 14.9. The zero-order valence-electron chi connectivity index (χ0n) is 26.9. The van der Waals surface area contributed by atoms with Crippen molar-refractivity contribution in [1.29, 1.82) is 0 Å². The van der Waals surface area contributed by atoms with Crippen molar-refractivity contribution in [3.05, 3.63) is 86.4 Å². The molecule has 0 aromatic heterocycles. The monoisotopic (exact) mass is 685 g/mol. The van der Waals surface area contributed by atoms with E-state index in [2.05, 4.69) is 58.0 Å². The van der Waals surface area contributed by atoms with Gasteiger partial charge in [0.05, 0.1) is 15.7 Å². The number of hydrogen-bond donors (Lipinski definition) is 2. The highest BCUT2D eigenvalue weighted by Gasteiger charge is 2.37. The Bertz CT molecular complexity index is 1700. The summed E-state index contributed by atoms with van der Waals surface area (Å²) < 4.78 is 0. The van der Waals surface area contributed by atoms with Crippen molar-refractivity contribution < 1.29 is 19.2 Å². The number of amidine groups is 1. The number of amides is 3. The molecule has 3 N–H and O–H groups in total. The molecule has 3 amide bonds. The number of benzene rings is 3. The molecule has 1 heterocycles. The Morgan fingerprint density at radius 3 is 2.20 bits per heavy atom. The van der Waals surface area contributed by atoms with Crippen LogP contribution in [0, 0.1) is 0 Å². The highest BCUT2D eigenvalue weighted by atomic mass is 35.5. The molecular formula is C34H38Cl3N5O4. The molecule has 0 bridgehead atoms. The maximum Gasteiger partial charge on any atom is 0.272 e. The number of nitrogens with zero attached hydrogens (tertiary/aromatic N) is 3. The Morgan fingerprint density at radius 2 is 1.61 bits per heavy atom. The van der Waals surface area contributed by atoms with Gasteiger partial charge in [0.15, 0.2) is 11.6 Å². The van der Waals surface area contributed by atoms with Crippen molar-refractivity contribution in [2.45, 2.75) is 78.2 Å². The predicted octanol–water partition coefficient (Wildman–Crippen LogP) is 7.79. The summed E-state index contributed by atoms with van der Waals surface area (Å²) in [6.07, 6.45) is 1.80. The topological polar surface area (TPSA) is 117 Å². The third kappa shape index (κ3) is 7.18. The first-order valence-corrected chi connectivity index (χ1v) is 16.0. The van der Waals surface area contributed by atoms with E-state index in [1.54, 1.807) is 18.2 Å². The molecule has 1 unspecified atom stereocenters. The number of nitrogens with two attached hydrogens (primary N) is 1. The molecule has 9 nitrogen and oxygen atoms in total. The minimum Gasteiger partial charge on any atom is -0.372 e. The number of hydrazone groups is 1. The van der Waals surface area contributed by atoms with Gasteiger partial charge in [0.25, 0.3) is 17.7 Å². The smallest absolute Gasteiger partial charge is 0.272 e. The molecule has 244 valence electrons. The first kappa shape index (κ1) is 35.2. The SMILES string of the molecule is CCC(C)(C)c1ccc(ON(C(C)=O)c2cccc(C(=O)NC3=NN(c4c(Cl)cc(Cl)cc4Cl)C(=O)C3N)c2)c(C(C)(C)CC)c1. The second-order valence-corrected chi connectivity index (χ2v) is 13.7. The summed E-state index contributed by atoms with van der Waals surface area (Å²) in [6.45, 7) is 14.3. The lowest BCUT2D eigenvalue weighted by Crippen LogP contribution is -2.46. The van der Waals surface area contributed by atoms with Crippen LogP contribution in [-0.4, -0.2) is 29.6 Å². The summed E-state index contributed by atoms with van der Waals surface area (Å²) in [5.74, 6) is -1.22. The normalized spacial score (nSPS) is 15.1. The predicted molar refractivity (Wildman–Crippen MR) is 185 cm³/mol. The zero-order valence-corrected chi connectivity index (χ0v) is 29.1. The lowest BCUT2D eigenvalue weighted by molar-refractivity contribution is -0.120. The number of rotatable bonds is 9. The lowest BCUT2D eigenvalue weighted by Gasteiger charge is -2.32. The van der Waals surface area contributed by atoms with E-state index in [9.17, 15) is 14.4 Å². The number of carbonyl (C=O) groups excluding carboxylic acids is 3. The van der Waals surface area contributed by atoms with Crippen LogP contribution in [0.4, 0.5) is 11.4 Å². The van der Waals surface area contributed by atoms with Crippen molar-refractivity contribution in [2.24, 2.45) is 10.8 Å². The highest BCUT2D eigenvalue weighted by molar-refractivity contribution is 6.43. The van der Waals surface area contributed by atoms with Gasteiger partial charge in [0.1, 0.15) is 11.7 Å². The lowest BCUT2D eigenvalue weighted by atomic mass is 9.76. The number of hydroxylamine groups is 1. The molecule has 1 atom stereocenters. The average Bonchev–Trinajstić information content (AvgIpc) is 3.27. The number of carbonyl (C=O) groups is 3. The van der Waals surface area contributed by atoms with Crippen molar-refractivity contribution in [2.75, 3.05) is 10.1 Å². The zero-order chi connectivity index (χ0) is 34.1. The molecule has 0 fully saturated rings. The molecule has 1 aliphatic rings. The van der Waals surface area contributed by atoms with Crippen LogP contribution in [0.1, 0.15) is 82.8 Å². The molecule has 46 heavy (non-hydrogen) atoms. The fourth-order valence-electron chi connectivity index (χ4n) is 4.78. The van der Waals surface area contributed by atoms with Crippen molar-refractivity contribution in [3.63, 3.8) is 0 Å². The second kappa shape index (κ2) is 13.6. The van der Waals surface area contributed by atoms with Crippen LogP contribution >= 0.6 is 34.8 Å². The Morgan fingerprint density at radius 1 is 0.978 bits per heavy atom. The molecule has 3 aromatic carbocycles. The Balaban J connectivity index is 1.63. The summed E-state index contributed by atoms with van der Waals surface area (Å²) in [4.78, 5) is 45.6. The Kier molecular flexibility index (Phi) is 10.4. The van der Waals surface area contributed by atoms with E-state index in [0.29, 0.717) is 11.4 Å². The van der Waals surface area contributed by atoms with Gasteiger partial charge in [-0.25, -0.2) is 0 Å². The minimum absolute atomic E-state index is 0.0415. The Hall–Kier alpha value is -3.63. The summed E-state index contributed by atoms with van der Waals surface area (Å²) in [5, 5.41) is 9.33. The van der Waals surface area contributed by atoms with Gasteiger partial charge in [-0.15, -0.1) is 10.2 Å². The molecule has 1 aliphatic heterocycles. The molecular weight excluding hydrogens is 649 g/mol. The van der Waals surface area contributed by atoms with Gasteiger partial charge in [-0.3, -0.25) is 14.4 Å². The van der Waals surface area contributed by atoms with E-state index in [1.807, 2.05) is 12.1 Å². The Labute approximate surface area is 284 Å². The van der Waals surface area contributed by atoms with Crippen molar-refractivity contribution in [1.82, 2.24) is 5.32 Å². The van der Waals surface area contributed by atoms with Crippen molar-refractivity contribution in [3.8, 4) is 5.75 Å². The van der Waals surface area contributed by atoms with Crippen LogP contribution in [-0.2, 0) is 20.4 Å². The molecule has 0 spiro atoms. The van der Waals surface area contributed by atoms with Gasteiger partial charge >= 0.3 is 0 Å². The van der Waals surface area contributed by atoms with Crippen LogP contribution in [0.5, 0.6) is 5.75 Å². The summed E-state index contributed by atoms with van der Waals surface area (Å²) >= 11 is 18.6. The maximum absolute atomic E-state index is 13.4. The standard InChI is InChI=1S/C34H38Cl3N5O4/c1-8-33(4,5)21-13-14-27(24(16-21)34(6,7)9-2)46-42(19(3)43)23-12-10-11-20(15-23)31(44)39-30-28(38)32(45)41(40-30)29-25(36)17-22(35)18-26(29)37/h10-18,28H,8-9,38H2,1-7H3,(H,39,40,44). The molecule has 4 rings (SSSR count). The van der Waals surface area contributed by atoms with Crippen LogP contribution in [0.2, 0.25) is 15.1 Å². The number of anilines is 2. The molecule has 0 saturated carbocycles. The third-order valence-electron chi connectivity index (χ3n) is 8.49. The average molecular weight is 687 g/mol.